The Morgan fingerprint density at radius 2 is 1.58 bits per heavy atom. The monoisotopic (exact) mass is 328 g/mol. The molecule has 0 atom stereocenters. The highest BCUT2D eigenvalue weighted by atomic mass is 16.5. The van der Waals surface area contributed by atoms with Gasteiger partial charge in [0.25, 0.3) is 0 Å². The summed E-state index contributed by atoms with van der Waals surface area (Å²) >= 11 is 0. The lowest BCUT2D eigenvalue weighted by Crippen LogP contribution is -2.11. The Hall–Kier alpha value is -2.49. The highest BCUT2D eigenvalue weighted by molar-refractivity contribution is 5.73. The Morgan fingerprint density at radius 3 is 2.25 bits per heavy atom. The minimum absolute atomic E-state index is 0.235. The molecule has 0 bridgehead atoms. The van der Waals surface area contributed by atoms with Crippen LogP contribution in [0.4, 0.5) is 0 Å². The van der Waals surface area contributed by atoms with Crippen LogP contribution >= 0.6 is 0 Å². The van der Waals surface area contributed by atoms with Crippen LogP contribution in [0.1, 0.15) is 28.7 Å². The summed E-state index contributed by atoms with van der Waals surface area (Å²) in [6, 6.07) is 9.66. The first kappa shape index (κ1) is 17.9. The van der Waals surface area contributed by atoms with Crippen LogP contribution in [0, 0.1) is 20.8 Å². The highest BCUT2D eigenvalue weighted by Gasteiger charge is 2.12. The van der Waals surface area contributed by atoms with Crippen molar-refractivity contribution in [1.29, 1.82) is 0 Å². The predicted octanol–water partition coefficient (Wildman–Crippen LogP) is 4.17. The maximum absolute atomic E-state index is 12.2. The topological polar surface area (TPSA) is 44.8 Å². The predicted molar refractivity (Wildman–Crippen MR) is 94.2 cm³/mol. The molecule has 0 aliphatic heterocycles. The number of esters is 1. The lowest BCUT2D eigenvalue weighted by atomic mass is 10.1. The maximum Gasteiger partial charge on any atom is 0.311 e. The van der Waals surface area contributed by atoms with Crippen LogP contribution in [0.3, 0.4) is 0 Å². The van der Waals surface area contributed by atoms with E-state index in [-0.39, 0.29) is 5.97 Å². The van der Waals surface area contributed by atoms with Gasteiger partial charge in [-0.25, -0.2) is 0 Å². The maximum atomic E-state index is 12.2. The molecule has 0 radical (unpaired) electrons. The van der Waals surface area contributed by atoms with Crippen LogP contribution in [-0.2, 0) is 11.2 Å². The summed E-state index contributed by atoms with van der Waals surface area (Å²) in [5.74, 6) is 1.78. The van der Waals surface area contributed by atoms with Crippen LogP contribution in [0.15, 0.2) is 30.3 Å². The third kappa shape index (κ3) is 4.07. The summed E-state index contributed by atoms with van der Waals surface area (Å²) in [4.78, 5) is 12.2. The first-order valence-electron chi connectivity index (χ1n) is 7.94. The van der Waals surface area contributed by atoms with Crippen molar-refractivity contribution < 1.29 is 19.0 Å². The van der Waals surface area contributed by atoms with Crippen molar-refractivity contribution in [3.63, 3.8) is 0 Å². The molecule has 0 saturated carbocycles. The van der Waals surface area contributed by atoms with Crippen molar-refractivity contribution in [2.45, 2.75) is 33.6 Å². The van der Waals surface area contributed by atoms with E-state index in [1.165, 1.54) is 0 Å². The number of hydrogen-bond donors (Lipinski definition) is 0. The molecule has 0 heterocycles. The number of carbonyl (C=O) groups excluding carboxylic acids is 1. The number of rotatable bonds is 6. The average Bonchev–Trinajstić information content (AvgIpc) is 2.59. The molecule has 0 aromatic heterocycles. The number of benzene rings is 2. The Labute approximate surface area is 143 Å². The second-order valence-electron chi connectivity index (χ2n) is 5.82. The smallest absolute Gasteiger partial charge is 0.311 e. The van der Waals surface area contributed by atoms with Crippen LogP contribution in [0.25, 0.3) is 0 Å². The Kier molecular flexibility index (Phi) is 5.85. The summed E-state index contributed by atoms with van der Waals surface area (Å²) in [6.07, 6.45) is 0.894. The molecule has 4 heteroatoms. The molecule has 0 unspecified atom stereocenters. The van der Waals surface area contributed by atoms with E-state index in [0.29, 0.717) is 30.1 Å². The minimum Gasteiger partial charge on any atom is -0.493 e. The average molecular weight is 328 g/mol. The molecule has 0 amide bonds. The van der Waals surface area contributed by atoms with E-state index in [2.05, 4.69) is 0 Å². The largest absolute Gasteiger partial charge is 0.493 e. The summed E-state index contributed by atoms with van der Waals surface area (Å²) in [5, 5.41) is 0. The van der Waals surface area contributed by atoms with Gasteiger partial charge in [0, 0.05) is 6.42 Å². The van der Waals surface area contributed by atoms with Crippen LogP contribution in [0.5, 0.6) is 17.2 Å². The van der Waals surface area contributed by atoms with Crippen molar-refractivity contribution >= 4 is 5.97 Å². The fourth-order valence-corrected chi connectivity index (χ4v) is 2.53. The van der Waals surface area contributed by atoms with Crippen LogP contribution < -0.4 is 14.2 Å². The molecule has 24 heavy (non-hydrogen) atoms. The van der Waals surface area contributed by atoms with Crippen LogP contribution in [-0.4, -0.2) is 20.2 Å². The van der Waals surface area contributed by atoms with Gasteiger partial charge in [0.2, 0.25) is 0 Å². The van der Waals surface area contributed by atoms with E-state index in [1.54, 1.807) is 14.2 Å². The number of aryl methyl sites for hydroxylation is 3. The molecule has 4 nitrogen and oxygen atoms in total. The number of methoxy groups -OCH3 is 2. The van der Waals surface area contributed by atoms with Gasteiger partial charge < -0.3 is 14.2 Å². The van der Waals surface area contributed by atoms with Gasteiger partial charge in [-0.05, 0) is 61.6 Å². The fourth-order valence-electron chi connectivity index (χ4n) is 2.53. The molecule has 0 N–H and O–H groups in total. The zero-order valence-corrected chi connectivity index (χ0v) is 14.9. The molecule has 0 aliphatic carbocycles. The quantitative estimate of drug-likeness (QED) is 0.590. The van der Waals surface area contributed by atoms with Crippen molar-refractivity contribution in [3.05, 3.63) is 52.6 Å². The van der Waals surface area contributed by atoms with E-state index in [0.717, 1.165) is 22.3 Å². The zero-order chi connectivity index (χ0) is 17.7. The first-order chi connectivity index (χ1) is 11.5. The molecule has 0 aliphatic rings. The number of carbonyl (C=O) groups is 1. The standard InChI is InChI=1S/C20H24O4/c1-13-6-7-14(2)20(15(13)3)24-19(21)11-9-16-8-10-17(22-4)18(12-16)23-5/h6-8,10,12H,9,11H2,1-5H3. The van der Waals surface area contributed by atoms with Crippen molar-refractivity contribution in [2.75, 3.05) is 14.2 Å². The van der Waals surface area contributed by atoms with Gasteiger partial charge in [0.1, 0.15) is 5.75 Å². The van der Waals surface area contributed by atoms with E-state index < -0.39 is 0 Å². The van der Waals surface area contributed by atoms with E-state index >= 15 is 0 Å². The number of hydrogen-bond acceptors (Lipinski definition) is 4. The Bertz CT molecular complexity index is 735. The van der Waals surface area contributed by atoms with E-state index in [9.17, 15) is 4.79 Å². The van der Waals surface area contributed by atoms with Gasteiger partial charge in [0.05, 0.1) is 14.2 Å². The summed E-state index contributed by atoms with van der Waals surface area (Å²) in [7, 11) is 3.20. The van der Waals surface area contributed by atoms with Crippen molar-refractivity contribution in [1.82, 2.24) is 0 Å². The summed E-state index contributed by atoms with van der Waals surface area (Å²) < 4.78 is 16.1. The van der Waals surface area contributed by atoms with Gasteiger partial charge >= 0.3 is 5.97 Å². The van der Waals surface area contributed by atoms with Crippen LogP contribution in [0.2, 0.25) is 0 Å². The van der Waals surface area contributed by atoms with Gasteiger partial charge in [-0.1, -0.05) is 18.2 Å². The zero-order valence-electron chi connectivity index (χ0n) is 14.9. The summed E-state index contributed by atoms with van der Waals surface area (Å²) in [6.45, 7) is 5.93. The Morgan fingerprint density at radius 1 is 0.917 bits per heavy atom. The minimum atomic E-state index is -0.235. The second-order valence-corrected chi connectivity index (χ2v) is 5.82. The highest BCUT2D eigenvalue weighted by Crippen LogP contribution is 2.29. The van der Waals surface area contributed by atoms with Gasteiger partial charge in [-0.15, -0.1) is 0 Å². The molecular weight excluding hydrogens is 304 g/mol. The number of ether oxygens (including phenoxy) is 3. The second kappa shape index (κ2) is 7.86. The molecule has 2 aromatic carbocycles. The molecule has 128 valence electrons. The van der Waals surface area contributed by atoms with Gasteiger partial charge in [-0.3, -0.25) is 4.79 Å². The third-order valence-corrected chi connectivity index (χ3v) is 4.16. The molecule has 0 saturated heterocycles. The van der Waals surface area contributed by atoms with E-state index in [1.807, 2.05) is 51.1 Å². The first-order valence-corrected chi connectivity index (χ1v) is 7.94. The lowest BCUT2D eigenvalue weighted by molar-refractivity contribution is -0.134. The molecular formula is C20H24O4. The fraction of sp³-hybridized carbons (Fsp3) is 0.350. The van der Waals surface area contributed by atoms with Crippen molar-refractivity contribution in [3.8, 4) is 17.2 Å². The normalized spacial score (nSPS) is 10.4. The summed E-state index contributed by atoms with van der Waals surface area (Å²) in [5.41, 5.74) is 4.10. The third-order valence-electron chi connectivity index (χ3n) is 4.16. The molecule has 2 rings (SSSR count). The molecule has 0 spiro atoms. The van der Waals surface area contributed by atoms with E-state index in [4.69, 9.17) is 14.2 Å². The SMILES string of the molecule is COc1ccc(CCC(=O)Oc2c(C)ccc(C)c2C)cc1OC. The van der Waals surface area contributed by atoms with Crippen molar-refractivity contribution in [2.24, 2.45) is 0 Å². The van der Waals surface area contributed by atoms with Gasteiger partial charge in [-0.2, -0.15) is 0 Å². The van der Waals surface area contributed by atoms with Gasteiger partial charge in [0.15, 0.2) is 11.5 Å². The lowest BCUT2D eigenvalue weighted by Gasteiger charge is -2.13. The Balaban J connectivity index is 2.03. The molecule has 0 fully saturated rings. The molecule has 2 aromatic rings.